The molecule has 0 heterocycles. The average molecular weight is 345 g/mol. The Morgan fingerprint density at radius 3 is 2.70 bits per heavy atom. The summed E-state index contributed by atoms with van der Waals surface area (Å²) >= 11 is 3.31. The van der Waals surface area contributed by atoms with Gasteiger partial charge in [0, 0.05) is 17.1 Å². The molecule has 0 radical (unpaired) electrons. The number of carbonyl (C=O) groups excluding carboxylic acids is 1. The molecule has 0 aliphatic carbocycles. The Labute approximate surface area is 125 Å². The van der Waals surface area contributed by atoms with Crippen LogP contribution in [0.1, 0.15) is 13.3 Å². The van der Waals surface area contributed by atoms with Gasteiger partial charge in [-0.2, -0.15) is 0 Å². The molecule has 0 aliphatic rings. The number of halogens is 1. The maximum absolute atomic E-state index is 11.7. The van der Waals surface area contributed by atoms with E-state index in [0.717, 1.165) is 0 Å². The van der Waals surface area contributed by atoms with E-state index >= 15 is 0 Å². The molecule has 20 heavy (non-hydrogen) atoms. The Morgan fingerprint density at radius 2 is 2.15 bits per heavy atom. The number of amides is 2. The van der Waals surface area contributed by atoms with Crippen LogP contribution in [-0.2, 0) is 4.79 Å². The third kappa shape index (κ3) is 4.73. The van der Waals surface area contributed by atoms with Crippen LogP contribution in [0.3, 0.4) is 0 Å². The number of hydrogen-bond donors (Lipinski definition) is 3. The molecule has 0 spiro atoms. The highest BCUT2D eigenvalue weighted by Gasteiger charge is 2.16. The maximum atomic E-state index is 11.7. The molecule has 0 aromatic heterocycles. The van der Waals surface area contributed by atoms with Gasteiger partial charge < -0.3 is 20.5 Å². The maximum Gasteiger partial charge on any atom is 0.319 e. The van der Waals surface area contributed by atoms with Gasteiger partial charge in [-0.25, -0.2) is 4.79 Å². The van der Waals surface area contributed by atoms with Crippen LogP contribution in [0, 0.1) is 5.92 Å². The van der Waals surface area contributed by atoms with E-state index in [2.05, 4.69) is 26.6 Å². The lowest BCUT2D eigenvalue weighted by Gasteiger charge is -2.13. The molecular weight excluding hydrogens is 328 g/mol. The summed E-state index contributed by atoms with van der Waals surface area (Å²) in [7, 11) is 1.53. The van der Waals surface area contributed by atoms with Crippen molar-refractivity contribution in [1.29, 1.82) is 0 Å². The first-order chi connectivity index (χ1) is 9.47. The van der Waals surface area contributed by atoms with Crippen molar-refractivity contribution >= 4 is 33.6 Å². The van der Waals surface area contributed by atoms with Gasteiger partial charge >= 0.3 is 12.0 Å². The Kier molecular flexibility index (Phi) is 6.30. The number of nitrogens with one attached hydrogen (secondary N) is 2. The minimum absolute atomic E-state index is 0.0826. The van der Waals surface area contributed by atoms with Gasteiger partial charge in [0.2, 0.25) is 0 Å². The normalized spacial score (nSPS) is 11.6. The summed E-state index contributed by atoms with van der Waals surface area (Å²) in [6.45, 7) is 1.84. The molecule has 1 aromatic carbocycles. The van der Waals surface area contributed by atoms with Crippen molar-refractivity contribution in [3.8, 4) is 5.75 Å². The summed E-state index contributed by atoms with van der Waals surface area (Å²) in [5.41, 5.74) is 0.547. The zero-order valence-corrected chi connectivity index (χ0v) is 12.9. The Hall–Kier alpha value is -1.76. The van der Waals surface area contributed by atoms with Gasteiger partial charge in [-0.1, -0.05) is 6.92 Å². The summed E-state index contributed by atoms with van der Waals surface area (Å²) in [4.78, 5) is 22.6. The van der Waals surface area contributed by atoms with E-state index < -0.39 is 17.9 Å². The second-order valence-corrected chi connectivity index (χ2v) is 4.98. The van der Waals surface area contributed by atoms with Gasteiger partial charge in [0.25, 0.3) is 0 Å². The monoisotopic (exact) mass is 344 g/mol. The van der Waals surface area contributed by atoms with E-state index in [9.17, 15) is 9.59 Å². The van der Waals surface area contributed by atoms with Crippen LogP contribution in [0.4, 0.5) is 10.5 Å². The van der Waals surface area contributed by atoms with Crippen molar-refractivity contribution in [2.24, 2.45) is 5.92 Å². The van der Waals surface area contributed by atoms with Gasteiger partial charge in [0.1, 0.15) is 5.75 Å². The topological polar surface area (TPSA) is 87.7 Å². The molecule has 0 saturated heterocycles. The van der Waals surface area contributed by atoms with E-state index in [0.29, 0.717) is 22.3 Å². The summed E-state index contributed by atoms with van der Waals surface area (Å²) in [6.07, 6.45) is 0.457. The number of ether oxygens (including phenoxy) is 1. The second kappa shape index (κ2) is 7.74. The van der Waals surface area contributed by atoms with E-state index in [-0.39, 0.29) is 6.54 Å². The SMILES string of the molecule is CCC(CNC(=O)Nc1cc(OC)ccc1Br)C(=O)O. The fourth-order valence-corrected chi connectivity index (χ4v) is 1.86. The van der Waals surface area contributed by atoms with Gasteiger partial charge in [-0.3, -0.25) is 4.79 Å². The molecule has 1 aromatic rings. The van der Waals surface area contributed by atoms with E-state index in [1.54, 1.807) is 25.1 Å². The summed E-state index contributed by atoms with van der Waals surface area (Å²) in [6, 6.07) is 4.71. The minimum Gasteiger partial charge on any atom is -0.497 e. The molecular formula is C13H17BrN2O4. The van der Waals surface area contributed by atoms with Crippen molar-refractivity contribution in [3.05, 3.63) is 22.7 Å². The number of methoxy groups -OCH3 is 1. The molecule has 1 rings (SSSR count). The van der Waals surface area contributed by atoms with Crippen molar-refractivity contribution < 1.29 is 19.4 Å². The van der Waals surface area contributed by atoms with Crippen molar-refractivity contribution in [2.45, 2.75) is 13.3 Å². The first kappa shape index (κ1) is 16.3. The molecule has 1 unspecified atom stereocenters. The molecule has 110 valence electrons. The smallest absolute Gasteiger partial charge is 0.319 e. The Balaban J connectivity index is 2.60. The van der Waals surface area contributed by atoms with E-state index in [4.69, 9.17) is 9.84 Å². The van der Waals surface area contributed by atoms with Gasteiger partial charge in [-0.05, 0) is 34.5 Å². The molecule has 0 saturated carbocycles. The van der Waals surface area contributed by atoms with Crippen LogP contribution in [0.2, 0.25) is 0 Å². The molecule has 0 aliphatic heterocycles. The predicted molar refractivity (Wildman–Crippen MR) is 79.1 cm³/mol. The Morgan fingerprint density at radius 1 is 1.45 bits per heavy atom. The van der Waals surface area contributed by atoms with Crippen molar-refractivity contribution in [2.75, 3.05) is 19.0 Å². The fourth-order valence-electron chi connectivity index (χ4n) is 1.52. The number of carboxylic acids is 1. The number of carboxylic acid groups (broad SMARTS) is 1. The van der Waals surface area contributed by atoms with Crippen molar-refractivity contribution in [3.63, 3.8) is 0 Å². The highest BCUT2D eigenvalue weighted by atomic mass is 79.9. The van der Waals surface area contributed by atoms with Crippen LogP contribution in [0.15, 0.2) is 22.7 Å². The van der Waals surface area contributed by atoms with Crippen LogP contribution < -0.4 is 15.4 Å². The third-order valence-electron chi connectivity index (χ3n) is 2.77. The molecule has 7 heteroatoms. The summed E-state index contributed by atoms with van der Waals surface area (Å²) in [5, 5.41) is 14.1. The molecule has 1 atom stereocenters. The zero-order chi connectivity index (χ0) is 15.1. The lowest BCUT2D eigenvalue weighted by molar-refractivity contribution is -0.141. The number of carbonyl (C=O) groups is 2. The molecule has 2 amide bonds. The predicted octanol–water partition coefficient (Wildman–Crippen LogP) is 2.69. The third-order valence-corrected chi connectivity index (χ3v) is 3.46. The lowest BCUT2D eigenvalue weighted by atomic mass is 10.1. The molecule has 0 bridgehead atoms. The van der Waals surface area contributed by atoms with Gasteiger partial charge in [0.15, 0.2) is 0 Å². The van der Waals surface area contributed by atoms with E-state index in [1.807, 2.05) is 0 Å². The lowest BCUT2D eigenvalue weighted by Crippen LogP contribution is -2.35. The summed E-state index contributed by atoms with van der Waals surface area (Å²) < 4.78 is 5.78. The van der Waals surface area contributed by atoms with E-state index in [1.165, 1.54) is 7.11 Å². The van der Waals surface area contributed by atoms with Crippen molar-refractivity contribution in [1.82, 2.24) is 5.32 Å². The number of urea groups is 1. The first-order valence-electron chi connectivity index (χ1n) is 6.09. The van der Waals surface area contributed by atoms with Crippen LogP contribution >= 0.6 is 15.9 Å². The quantitative estimate of drug-likeness (QED) is 0.740. The molecule has 0 fully saturated rings. The Bertz CT molecular complexity index is 493. The summed E-state index contributed by atoms with van der Waals surface area (Å²) in [5.74, 6) is -0.898. The van der Waals surface area contributed by atoms with Crippen LogP contribution in [0.5, 0.6) is 5.75 Å². The fraction of sp³-hybridized carbons (Fsp3) is 0.385. The number of rotatable bonds is 6. The highest BCUT2D eigenvalue weighted by Crippen LogP contribution is 2.26. The number of benzene rings is 1. The molecule has 6 nitrogen and oxygen atoms in total. The number of anilines is 1. The van der Waals surface area contributed by atoms with Gasteiger partial charge in [0.05, 0.1) is 18.7 Å². The average Bonchev–Trinajstić information content (AvgIpc) is 2.41. The number of hydrogen-bond acceptors (Lipinski definition) is 3. The molecule has 3 N–H and O–H groups in total. The van der Waals surface area contributed by atoms with Crippen LogP contribution in [0.25, 0.3) is 0 Å². The highest BCUT2D eigenvalue weighted by molar-refractivity contribution is 9.10. The van der Waals surface area contributed by atoms with Crippen LogP contribution in [-0.4, -0.2) is 30.8 Å². The first-order valence-corrected chi connectivity index (χ1v) is 6.88. The number of aliphatic carboxylic acids is 1. The largest absolute Gasteiger partial charge is 0.497 e. The zero-order valence-electron chi connectivity index (χ0n) is 11.3. The minimum atomic E-state index is -0.921. The second-order valence-electron chi connectivity index (χ2n) is 4.12. The van der Waals surface area contributed by atoms with Gasteiger partial charge in [-0.15, -0.1) is 0 Å². The standard InChI is InChI=1S/C13H17BrN2O4/c1-3-8(12(17)18)7-15-13(19)16-11-6-9(20-2)4-5-10(11)14/h4-6,8H,3,7H2,1-2H3,(H,17,18)(H2,15,16,19).